The van der Waals surface area contributed by atoms with Gasteiger partial charge in [-0.2, -0.15) is 0 Å². The number of benzene rings is 2. The minimum Gasteiger partial charge on any atom is -0.305 e. The molecule has 3 rings (SSSR count). The zero-order valence-corrected chi connectivity index (χ0v) is 15.6. The molecule has 0 saturated carbocycles. The van der Waals surface area contributed by atoms with E-state index in [1.165, 1.54) is 29.8 Å². The molecular weight excluding hydrogens is 349 g/mol. The molecule has 26 heavy (non-hydrogen) atoms. The molecule has 0 bridgehead atoms. The summed E-state index contributed by atoms with van der Waals surface area (Å²) in [6.45, 7) is 2.05. The molecule has 6 heteroatoms. The van der Waals surface area contributed by atoms with E-state index in [1.807, 2.05) is 36.7 Å². The monoisotopic (exact) mass is 369 g/mol. The lowest BCUT2D eigenvalue weighted by atomic mass is 10.1. The van der Waals surface area contributed by atoms with Crippen LogP contribution in [0.1, 0.15) is 28.8 Å². The van der Waals surface area contributed by atoms with Gasteiger partial charge in [0.25, 0.3) is 0 Å². The number of carbonyl (C=O) groups is 1. The number of nitrogens with zero attached hydrogens (tertiary/aromatic N) is 3. The maximum absolute atomic E-state index is 12.9. The summed E-state index contributed by atoms with van der Waals surface area (Å²) in [6, 6.07) is 13.8. The second-order valence-corrected chi connectivity index (χ2v) is 7.18. The Labute approximate surface area is 156 Å². The van der Waals surface area contributed by atoms with Gasteiger partial charge in [0.15, 0.2) is 16.8 Å². The van der Waals surface area contributed by atoms with Crippen LogP contribution in [0.15, 0.2) is 53.7 Å². The van der Waals surface area contributed by atoms with Gasteiger partial charge in [0, 0.05) is 30.3 Å². The van der Waals surface area contributed by atoms with Gasteiger partial charge in [-0.1, -0.05) is 35.5 Å². The summed E-state index contributed by atoms with van der Waals surface area (Å²) in [6.07, 6.45) is 1.16. The fourth-order valence-electron chi connectivity index (χ4n) is 2.65. The lowest BCUT2D eigenvalue weighted by molar-refractivity contribution is 0.0982. The van der Waals surface area contributed by atoms with Crippen molar-refractivity contribution in [1.82, 2.24) is 14.8 Å². The number of halogens is 1. The molecule has 0 aliphatic rings. The maximum Gasteiger partial charge on any atom is 0.191 e. The van der Waals surface area contributed by atoms with Gasteiger partial charge in [0.05, 0.1) is 0 Å². The van der Waals surface area contributed by atoms with Crippen LogP contribution in [0, 0.1) is 12.7 Å². The number of Topliss-reactive ketones (excluding diaryl/α,β-unsaturated/α-hetero) is 1. The number of rotatable bonds is 7. The average molecular weight is 369 g/mol. The van der Waals surface area contributed by atoms with Crippen molar-refractivity contribution >= 4 is 17.5 Å². The van der Waals surface area contributed by atoms with Crippen molar-refractivity contribution in [3.8, 4) is 11.4 Å². The van der Waals surface area contributed by atoms with E-state index in [4.69, 9.17) is 0 Å². The normalized spacial score (nSPS) is 10.9. The summed E-state index contributed by atoms with van der Waals surface area (Å²) in [5, 5.41) is 9.37. The average Bonchev–Trinajstić information content (AvgIpc) is 3.00. The number of hydrogen-bond acceptors (Lipinski definition) is 4. The molecule has 0 unspecified atom stereocenters. The van der Waals surface area contributed by atoms with Crippen molar-refractivity contribution in [1.29, 1.82) is 0 Å². The zero-order chi connectivity index (χ0) is 18.5. The first-order valence-electron chi connectivity index (χ1n) is 8.42. The lowest BCUT2D eigenvalue weighted by Gasteiger charge is -2.05. The molecule has 0 atom stereocenters. The topological polar surface area (TPSA) is 47.8 Å². The first-order valence-corrected chi connectivity index (χ1v) is 9.41. The third-order valence-electron chi connectivity index (χ3n) is 4.06. The fraction of sp³-hybridized carbons (Fsp3) is 0.250. The van der Waals surface area contributed by atoms with Crippen LogP contribution in [0.2, 0.25) is 0 Å². The Bertz CT molecular complexity index is 906. The second-order valence-electron chi connectivity index (χ2n) is 6.12. The Balaban J connectivity index is 1.54. The van der Waals surface area contributed by atoms with E-state index in [9.17, 15) is 9.18 Å². The lowest BCUT2D eigenvalue weighted by Crippen LogP contribution is -2.00. The van der Waals surface area contributed by atoms with E-state index < -0.39 is 0 Å². The molecule has 134 valence electrons. The Morgan fingerprint density at radius 1 is 1.15 bits per heavy atom. The molecule has 0 aliphatic heterocycles. The van der Waals surface area contributed by atoms with Crippen molar-refractivity contribution in [3.05, 3.63) is 65.5 Å². The third kappa shape index (κ3) is 4.38. The van der Waals surface area contributed by atoms with E-state index in [2.05, 4.69) is 16.3 Å². The molecular formula is C20H20FN3OS. The van der Waals surface area contributed by atoms with E-state index in [0.29, 0.717) is 12.0 Å². The van der Waals surface area contributed by atoms with Crippen LogP contribution in [0.3, 0.4) is 0 Å². The Kier molecular flexibility index (Phi) is 5.83. The number of carbonyl (C=O) groups excluding carboxylic acids is 1. The predicted octanol–water partition coefficient (Wildman–Crippen LogP) is 4.68. The molecule has 0 spiro atoms. The fourth-order valence-corrected chi connectivity index (χ4v) is 3.50. The molecule has 0 radical (unpaired) electrons. The highest BCUT2D eigenvalue weighted by Crippen LogP contribution is 2.24. The van der Waals surface area contributed by atoms with Gasteiger partial charge in [0.1, 0.15) is 5.82 Å². The Morgan fingerprint density at radius 2 is 1.92 bits per heavy atom. The molecule has 2 aromatic carbocycles. The largest absolute Gasteiger partial charge is 0.305 e. The number of ketones is 1. The van der Waals surface area contributed by atoms with Crippen LogP contribution in [-0.2, 0) is 7.05 Å². The minimum atomic E-state index is -0.330. The summed E-state index contributed by atoms with van der Waals surface area (Å²) >= 11 is 1.58. The van der Waals surface area contributed by atoms with Crippen LogP contribution in [0.25, 0.3) is 11.4 Å². The Hall–Kier alpha value is -2.47. The molecule has 3 aromatic rings. The van der Waals surface area contributed by atoms with Crippen molar-refractivity contribution < 1.29 is 9.18 Å². The number of hydrogen-bond donors (Lipinski definition) is 0. The molecule has 0 fully saturated rings. The summed E-state index contributed by atoms with van der Waals surface area (Å²) in [5.74, 6) is 1.30. The first-order chi connectivity index (χ1) is 12.5. The van der Waals surface area contributed by atoms with Crippen LogP contribution in [-0.4, -0.2) is 26.3 Å². The highest BCUT2D eigenvalue weighted by molar-refractivity contribution is 7.99. The summed E-state index contributed by atoms with van der Waals surface area (Å²) in [7, 11) is 1.95. The Morgan fingerprint density at radius 3 is 2.65 bits per heavy atom. The van der Waals surface area contributed by atoms with Gasteiger partial charge in [-0.3, -0.25) is 4.79 Å². The molecule has 1 aromatic heterocycles. The predicted molar refractivity (Wildman–Crippen MR) is 102 cm³/mol. The number of aromatic nitrogens is 3. The standard InChI is InChI=1S/C20H20FN3OS/c1-14-5-3-6-16(13-14)19-22-23-20(24(19)2)26-12-4-7-18(25)15-8-10-17(21)11-9-15/h3,5-6,8-11,13H,4,7,12H2,1-2H3. The van der Waals surface area contributed by atoms with Crippen LogP contribution in [0.5, 0.6) is 0 Å². The van der Waals surface area contributed by atoms with Crippen LogP contribution >= 0.6 is 11.8 Å². The van der Waals surface area contributed by atoms with E-state index in [0.717, 1.165) is 28.7 Å². The molecule has 0 aliphatic carbocycles. The van der Waals surface area contributed by atoms with E-state index >= 15 is 0 Å². The smallest absolute Gasteiger partial charge is 0.191 e. The molecule has 4 nitrogen and oxygen atoms in total. The van der Waals surface area contributed by atoms with E-state index in [1.54, 1.807) is 11.8 Å². The third-order valence-corrected chi connectivity index (χ3v) is 5.16. The van der Waals surface area contributed by atoms with Crippen molar-refractivity contribution in [2.75, 3.05) is 5.75 Å². The summed E-state index contributed by atoms with van der Waals surface area (Å²) < 4.78 is 14.9. The molecule has 0 saturated heterocycles. The highest BCUT2D eigenvalue weighted by Gasteiger charge is 2.12. The van der Waals surface area contributed by atoms with Gasteiger partial charge >= 0.3 is 0 Å². The SMILES string of the molecule is Cc1cccc(-c2nnc(SCCCC(=O)c3ccc(F)cc3)n2C)c1. The second kappa shape index (κ2) is 8.27. The first kappa shape index (κ1) is 18.3. The van der Waals surface area contributed by atoms with Crippen molar-refractivity contribution in [2.24, 2.45) is 7.05 Å². The van der Waals surface area contributed by atoms with Crippen molar-refractivity contribution in [2.45, 2.75) is 24.9 Å². The van der Waals surface area contributed by atoms with Gasteiger partial charge in [-0.25, -0.2) is 4.39 Å². The van der Waals surface area contributed by atoms with Crippen LogP contribution in [0.4, 0.5) is 4.39 Å². The molecule has 0 amide bonds. The van der Waals surface area contributed by atoms with Crippen molar-refractivity contribution in [3.63, 3.8) is 0 Å². The highest BCUT2D eigenvalue weighted by atomic mass is 32.2. The minimum absolute atomic E-state index is 0.0315. The maximum atomic E-state index is 12.9. The summed E-state index contributed by atoms with van der Waals surface area (Å²) in [4.78, 5) is 12.1. The van der Waals surface area contributed by atoms with Gasteiger partial charge < -0.3 is 4.57 Å². The molecule has 1 heterocycles. The number of aryl methyl sites for hydroxylation is 1. The zero-order valence-electron chi connectivity index (χ0n) is 14.8. The number of thioether (sulfide) groups is 1. The van der Waals surface area contributed by atoms with Gasteiger partial charge in [0.2, 0.25) is 0 Å². The van der Waals surface area contributed by atoms with Crippen LogP contribution < -0.4 is 0 Å². The summed E-state index contributed by atoms with van der Waals surface area (Å²) in [5.41, 5.74) is 2.77. The van der Waals surface area contributed by atoms with Gasteiger partial charge in [-0.15, -0.1) is 10.2 Å². The quantitative estimate of drug-likeness (QED) is 0.344. The van der Waals surface area contributed by atoms with Gasteiger partial charge in [-0.05, 0) is 43.7 Å². The van der Waals surface area contributed by atoms with E-state index in [-0.39, 0.29) is 11.6 Å². The molecule has 0 N–H and O–H groups in total.